The van der Waals surface area contributed by atoms with Crippen LogP contribution in [0.3, 0.4) is 0 Å². The van der Waals surface area contributed by atoms with E-state index in [1.807, 2.05) is 12.1 Å². The number of ether oxygens (including phenoxy) is 1. The van der Waals surface area contributed by atoms with Crippen molar-refractivity contribution in [3.63, 3.8) is 0 Å². The molecule has 8 heteroatoms. The van der Waals surface area contributed by atoms with E-state index in [2.05, 4.69) is 16.7 Å². The van der Waals surface area contributed by atoms with Gasteiger partial charge >= 0.3 is 5.97 Å². The molecule has 30 heavy (non-hydrogen) atoms. The first-order valence-electron chi connectivity index (χ1n) is 9.90. The average molecular weight is 427 g/mol. The van der Waals surface area contributed by atoms with E-state index in [1.165, 1.54) is 7.11 Å². The van der Waals surface area contributed by atoms with E-state index < -0.39 is 5.97 Å². The second-order valence-electron chi connectivity index (χ2n) is 7.18. The molecule has 0 amide bonds. The Hall–Kier alpha value is -2.90. The number of methoxy groups -OCH3 is 1. The number of esters is 1. The summed E-state index contributed by atoms with van der Waals surface area (Å²) in [5.41, 5.74) is 1.28. The van der Waals surface area contributed by atoms with Gasteiger partial charge in [-0.15, -0.1) is 0 Å². The van der Waals surface area contributed by atoms with Crippen molar-refractivity contribution in [2.75, 3.05) is 44.7 Å². The number of nitrogens with zero attached hydrogens (tertiary/aromatic N) is 4. The van der Waals surface area contributed by atoms with Crippen LogP contribution in [0, 0.1) is 0 Å². The van der Waals surface area contributed by atoms with Crippen LogP contribution in [-0.4, -0.2) is 60.3 Å². The number of benzene rings is 2. The molecule has 2 heterocycles. The molecule has 0 spiro atoms. The van der Waals surface area contributed by atoms with E-state index >= 15 is 0 Å². The predicted molar refractivity (Wildman–Crippen MR) is 118 cm³/mol. The van der Waals surface area contributed by atoms with Crippen LogP contribution in [0.25, 0.3) is 16.6 Å². The molecule has 1 aromatic heterocycles. The van der Waals surface area contributed by atoms with E-state index in [0.29, 0.717) is 33.1 Å². The van der Waals surface area contributed by atoms with Crippen LogP contribution in [0.4, 0.5) is 5.95 Å². The van der Waals surface area contributed by atoms with Crippen molar-refractivity contribution in [2.45, 2.75) is 6.92 Å². The van der Waals surface area contributed by atoms with Crippen molar-refractivity contribution >= 4 is 34.4 Å². The first-order chi connectivity index (χ1) is 14.5. The summed E-state index contributed by atoms with van der Waals surface area (Å²) in [5, 5.41) is 0.973. The van der Waals surface area contributed by atoms with Gasteiger partial charge < -0.3 is 14.5 Å². The second kappa shape index (κ2) is 8.45. The zero-order valence-corrected chi connectivity index (χ0v) is 17.7. The summed E-state index contributed by atoms with van der Waals surface area (Å²) in [6, 6.07) is 12.0. The van der Waals surface area contributed by atoms with Crippen molar-refractivity contribution < 1.29 is 9.53 Å². The van der Waals surface area contributed by atoms with Gasteiger partial charge in [-0.25, -0.2) is 14.3 Å². The predicted octanol–water partition coefficient (Wildman–Crippen LogP) is 2.97. The molecule has 1 aliphatic rings. The summed E-state index contributed by atoms with van der Waals surface area (Å²) in [7, 11) is 1.33. The first-order valence-corrected chi connectivity index (χ1v) is 10.3. The van der Waals surface area contributed by atoms with Gasteiger partial charge in [-0.3, -0.25) is 4.79 Å². The number of fused-ring (bicyclic) bond motifs is 1. The Kier molecular flexibility index (Phi) is 5.74. The van der Waals surface area contributed by atoms with Crippen LogP contribution in [0.2, 0.25) is 5.02 Å². The molecule has 0 aliphatic carbocycles. The maximum absolute atomic E-state index is 13.5. The topological polar surface area (TPSA) is 67.7 Å². The third-order valence-electron chi connectivity index (χ3n) is 5.44. The Morgan fingerprint density at radius 3 is 2.57 bits per heavy atom. The van der Waals surface area contributed by atoms with Crippen LogP contribution in [0.15, 0.2) is 47.3 Å². The number of aromatic nitrogens is 2. The van der Waals surface area contributed by atoms with Crippen molar-refractivity contribution in [1.82, 2.24) is 14.5 Å². The molecule has 0 N–H and O–H groups in total. The molecule has 0 atom stereocenters. The molecule has 1 saturated heterocycles. The highest BCUT2D eigenvalue weighted by Crippen LogP contribution is 2.23. The van der Waals surface area contributed by atoms with Gasteiger partial charge in [-0.2, -0.15) is 0 Å². The number of halogens is 1. The molecular formula is C22H23ClN4O3. The molecule has 156 valence electrons. The van der Waals surface area contributed by atoms with E-state index in [0.717, 1.165) is 32.7 Å². The average Bonchev–Trinajstić information content (AvgIpc) is 2.78. The van der Waals surface area contributed by atoms with E-state index in [-0.39, 0.29) is 5.56 Å². The molecule has 4 rings (SSSR count). The summed E-state index contributed by atoms with van der Waals surface area (Å²) in [5.74, 6) is 0.0864. The summed E-state index contributed by atoms with van der Waals surface area (Å²) in [6.45, 7) is 6.42. The maximum atomic E-state index is 13.5. The number of hydrogen-bond acceptors (Lipinski definition) is 6. The minimum absolute atomic E-state index is 0.202. The fourth-order valence-corrected chi connectivity index (χ4v) is 3.93. The fourth-order valence-electron chi connectivity index (χ4n) is 3.74. The number of carbonyl (C=O) groups is 1. The summed E-state index contributed by atoms with van der Waals surface area (Å²) in [4.78, 5) is 34.7. The lowest BCUT2D eigenvalue weighted by Crippen LogP contribution is -2.48. The summed E-state index contributed by atoms with van der Waals surface area (Å²) in [6.07, 6.45) is 0. The van der Waals surface area contributed by atoms with E-state index in [4.69, 9.17) is 21.3 Å². The molecule has 2 aromatic carbocycles. The molecule has 0 saturated carbocycles. The Morgan fingerprint density at radius 1 is 1.13 bits per heavy atom. The molecule has 3 aromatic rings. The van der Waals surface area contributed by atoms with Gasteiger partial charge in [-0.1, -0.05) is 24.6 Å². The van der Waals surface area contributed by atoms with Crippen molar-refractivity contribution in [2.24, 2.45) is 0 Å². The lowest BCUT2D eigenvalue weighted by Gasteiger charge is -2.35. The normalized spacial score (nSPS) is 14.8. The zero-order chi connectivity index (χ0) is 21.3. The smallest absolute Gasteiger partial charge is 0.337 e. The molecule has 0 bridgehead atoms. The Bertz CT molecular complexity index is 1150. The Morgan fingerprint density at radius 2 is 1.90 bits per heavy atom. The number of piperazine rings is 1. The lowest BCUT2D eigenvalue weighted by atomic mass is 10.1. The third-order valence-corrected chi connectivity index (χ3v) is 5.68. The summed E-state index contributed by atoms with van der Waals surface area (Å²) >= 11 is 6.21. The molecular weight excluding hydrogens is 404 g/mol. The fraction of sp³-hybridized carbons (Fsp3) is 0.318. The van der Waals surface area contributed by atoms with Gasteiger partial charge in [0, 0.05) is 31.2 Å². The number of hydrogen-bond donors (Lipinski definition) is 0. The quantitative estimate of drug-likeness (QED) is 0.597. The Balaban J connectivity index is 1.92. The number of likely N-dealkylation sites (N-methyl/N-ethyl adjacent to an activating group) is 1. The monoisotopic (exact) mass is 426 g/mol. The highest BCUT2D eigenvalue weighted by atomic mass is 35.5. The first kappa shape index (κ1) is 20.4. The van der Waals surface area contributed by atoms with Crippen LogP contribution < -0.4 is 10.5 Å². The van der Waals surface area contributed by atoms with E-state index in [9.17, 15) is 9.59 Å². The van der Waals surface area contributed by atoms with Crippen molar-refractivity contribution in [3.8, 4) is 5.69 Å². The van der Waals surface area contributed by atoms with Crippen molar-refractivity contribution in [3.05, 3.63) is 63.4 Å². The molecule has 0 unspecified atom stereocenters. The van der Waals surface area contributed by atoms with Gasteiger partial charge in [0.05, 0.1) is 29.3 Å². The zero-order valence-electron chi connectivity index (χ0n) is 17.0. The maximum Gasteiger partial charge on any atom is 0.337 e. The van der Waals surface area contributed by atoms with Crippen LogP contribution in [0.1, 0.15) is 17.3 Å². The molecule has 1 aliphatic heterocycles. The van der Waals surface area contributed by atoms with E-state index in [1.54, 1.807) is 34.9 Å². The van der Waals surface area contributed by atoms with Crippen molar-refractivity contribution in [1.29, 1.82) is 0 Å². The van der Waals surface area contributed by atoms with Gasteiger partial charge in [0.25, 0.3) is 5.56 Å². The number of carbonyl (C=O) groups excluding carboxylic acids is 1. The highest BCUT2D eigenvalue weighted by Gasteiger charge is 2.23. The SMILES string of the molecule is CCN1CCN(c2nc3cc(C(=O)OC)ccc3c(=O)n2-c2cccc(Cl)c2)CC1. The van der Waals surface area contributed by atoms with Gasteiger partial charge in [0.15, 0.2) is 0 Å². The van der Waals surface area contributed by atoms with Gasteiger partial charge in [-0.05, 0) is 42.9 Å². The molecule has 7 nitrogen and oxygen atoms in total. The minimum atomic E-state index is -0.462. The van der Waals surface area contributed by atoms with Gasteiger partial charge in [0.1, 0.15) is 0 Å². The van der Waals surface area contributed by atoms with Crippen LogP contribution >= 0.6 is 11.6 Å². The summed E-state index contributed by atoms with van der Waals surface area (Å²) < 4.78 is 6.42. The van der Waals surface area contributed by atoms with Crippen LogP contribution in [-0.2, 0) is 4.74 Å². The largest absolute Gasteiger partial charge is 0.465 e. The standard InChI is InChI=1S/C22H23ClN4O3/c1-3-25-9-11-26(12-10-25)22-24-19-13-15(21(29)30-2)7-8-18(19)20(28)27(22)17-6-4-5-16(23)14-17/h4-8,13-14H,3,9-12H2,1-2H3. The second-order valence-corrected chi connectivity index (χ2v) is 7.61. The lowest BCUT2D eigenvalue weighted by molar-refractivity contribution is 0.0601. The molecule has 1 fully saturated rings. The third kappa shape index (κ3) is 3.78. The van der Waals surface area contributed by atoms with Gasteiger partial charge in [0.2, 0.25) is 5.95 Å². The number of anilines is 1. The minimum Gasteiger partial charge on any atom is -0.465 e. The molecule has 0 radical (unpaired) electrons. The number of rotatable bonds is 4. The highest BCUT2D eigenvalue weighted by molar-refractivity contribution is 6.30. The Labute approximate surface area is 179 Å². The van der Waals surface area contributed by atoms with Crippen LogP contribution in [0.5, 0.6) is 0 Å².